The molecule has 0 saturated heterocycles. The predicted octanol–water partition coefficient (Wildman–Crippen LogP) is 2.70. The molecule has 5 rings (SSSR count). The zero-order valence-corrected chi connectivity index (χ0v) is 12.6. The first-order chi connectivity index (χ1) is 10.2. The van der Waals surface area contributed by atoms with Gasteiger partial charge in [0.2, 0.25) is 0 Å². The van der Waals surface area contributed by atoms with Crippen molar-refractivity contribution in [1.29, 1.82) is 0 Å². The molecule has 4 aliphatic carbocycles. The molecule has 4 aliphatic rings. The minimum Gasteiger partial charge on any atom is -0.392 e. The lowest BCUT2D eigenvalue weighted by Crippen LogP contribution is -2.54. The third-order valence-corrected chi connectivity index (χ3v) is 6.46. The Labute approximate surface area is 127 Å². The largest absolute Gasteiger partial charge is 0.392 e. The third-order valence-electron chi connectivity index (χ3n) is 6.46. The van der Waals surface area contributed by atoms with E-state index in [0.717, 1.165) is 23.3 Å². The zero-order chi connectivity index (χ0) is 14.4. The molecule has 0 amide bonds. The molecular formula is C18H26N2O. The molecule has 114 valence electrons. The van der Waals surface area contributed by atoms with Gasteiger partial charge in [0.1, 0.15) is 0 Å². The van der Waals surface area contributed by atoms with E-state index in [1.165, 1.54) is 38.5 Å². The Kier molecular flexibility index (Phi) is 3.31. The molecule has 0 radical (unpaired) electrons. The van der Waals surface area contributed by atoms with Gasteiger partial charge in [-0.1, -0.05) is 6.07 Å². The summed E-state index contributed by atoms with van der Waals surface area (Å²) in [5.74, 6) is 2.62. The molecule has 2 atom stereocenters. The average Bonchev–Trinajstić information content (AvgIpc) is 2.47. The van der Waals surface area contributed by atoms with Crippen molar-refractivity contribution < 1.29 is 5.11 Å². The molecular weight excluding hydrogens is 260 g/mol. The van der Waals surface area contributed by atoms with Gasteiger partial charge < -0.3 is 10.8 Å². The molecule has 3 nitrogen and oxygen atoms in total. The highest BCUT2D eigenvalue weighted by Gasteiger charge is 2.55. The Balaban J connectivity index is 1.62. The molecule has 1 aromatic rings. The second kappa shape index (κ2) is 5.06. The fourth-order valence-electron chi connectivity index (χ4n) is 6.01. The average molecular weight is 286 g/mol. The number of aromatic nitrogens is 1. The number of hydrogen-bond acceptors (Lipinski definition) is 3. The van der Waals surface area contributed by atoms with E-state index >= 15 is 0 Å². The standard InChI is InChI=1S/C18H26N2O/c19-10-16(15-2-1-3-20-11-15)17(21)18-7-12-4-13(8-18)6-14(5-12)9-18/h1-3,11-14,16-17,21H,4-10,19H2. The first kappa shape index (κ1) is 13.7. The molecule has 0 spiro atoms. The molecule has 3 heteroatoms. The van der Waals surface area contributed by atoms with Gasteiger partial charge in [-0.2, -0.15) is 0 Å². The van der Waals surface area contributed by atoms with Gasteiger partial charge in [-0.25, -0.2) is 0 Å². The van der Waals surface area contributed by atoms with Crippen molar-refractivity contribution in [3.05, 3.63) is 30.1 Å². The molecule has 4 fully saturated rings. The van der Waals surface area contributed by atoms with Gasteiger partial charge in [-0.05, 0) is 73.3 Å². The van der Waals surface area contributed by atoms with Crippen LogP contribution in [0.2, 0.25) is 0 Å². The molecule has 1 heterocycles. The van der Waals surface area contributed by atoms with Crippen LogP contribution in [0.1, 0.15) is 50.0 Å². The monoisotopic (exact) mass is 286 g/mol. The number of hydrogen-bond donors (Lipinski definition) is 2. The molecule has 4 bridgehead atoms. The molecule has 21 heavy (non-hydrogen) atoms. The smallest absolute Gasteiger partial charge is 0.0677 e. The topological polar surface area (TPSA) is 59.1 Å². The Morgan fingerprint density at radius 1 is 1.19 bits per heavy atom. The van der Waals surface area contributed by atoms with Crippen molar-refractivity contribution in [3.63, 3.8) is 0 Å². The van der Waals surface area contributed by atoms with Crippen LogP contribution >= 0.6 is 0 Å². The van der Waals surface area contributed by atoms with E-state index < -0.39 is 0 Å². The Morgan fingerprint density at radius 3 is 2.29 bits per heavy atom. The van der Waals surface area contributed by atoms with Gasteiger partial charge in [0.25, 0.3) is 0 Å². The summed E-state index contributed by atoms with van der Waals surface area (Å²) in [5.41, 5.74) is 7.27. The van der Waals surface area contributed by atoms with E-state index in [-0.39, 0.29) is 17.4 Å². The lowest BCUT2D eigenvalue weighted by molar-refractivity contribution is -0.127. The van der Waals surface area contributed by atoms with E-state index in [9.17, 15) is 5.11 Å². The number of rotatable bonds is 4. The van der Waals surface area contributed by atoms with E-state index in [2.05, 4.69) is 11.1 Å². The van der Waals surface area contributed by atoms with E-state index in [4.69, 9.17) is 5.73 Å². The zero-order valence-electron chi connectivity index (χ0n) is 12.6. The SMILES string of the molecule is NCC(c1cccnc1)C(O)C12CC3CC(CC(C3)C1)C2. The highest BCUT2D eigenvalue weighted by molar-refractivity contribution is 5.20. The van der Waals surface area contributed by atoms with Crippen LogP contribution in [0.4, 0.5) is 0 Å². The number of aliphatic hydroxyl groups is 1. The number of nitrogens with two attached hydrogens (primary N) is 1. The maximum absolute atomic E-state index is 11.2. The van der Waals surface area contributed by atoms with Gasteiger partial charge in [0.15, 0.2) is 0 Å². The fraction of sp³-hybridized carbons (Fsp3) is 0.722. The lowest BCUT2D eigenvalue weighted by Gasteiger charge is -2.59. The highest BCUT2D eigenvalue weighted by Crippen LogP contribution is 2.62. The molecule has 4 saturated carbocycles. The van der Waals surface area contributed by atoms with E-state index in [1.807, 2.05) is 12.3 Å². The summed E-state index contributed by atoms with van der Waals surface area (Å²) in [7, 11) is 0. The van der Waals surface area contributed by atoms with Crippen molar-refractivity contribution in [2.45, 2.75) is 50.5 Å². The van der Waals surface area contributed by atoms with Crippen LogP contribution in [0.15, 0.2) is 24.5 Å². The molecule has 0 aliphatic heterocycles. The first-order valence-corrected chi connectivity index (χ1v) is 8.48. The van der Waals surface area contributed by atoms with Crippen molar-refractivity contribution >= 4 is 0 Å². The Morgan fingerprint density at radius 2 is 1.81 bits per heavy atom. The summed E-state index contributed by atoms with van der Waals surface area (Å²) in [6, 6.07) is 4.01. The number of pyridine rings is 1. The van der Waals surface area contributed by atoms with Gasteiger partial charge in [0, 0.05) is 24.9 Å². The second-order valence-corrected chi connectivity index (χ2v) is 7.85. The minimum absolute atomic E-state index is 0.0370. The van der Waals surface area contributed by atoms with Crippen molar-refractivity contribution in [2.24, 2.45) is 28.9 Å². The van der Waals surface area contributed by atoms with Crippen LogP contribution in [0.5, 0.6) is 0 Å². The van der Waals surface area contributed by atoms with Crippen molar-refractivity contribution in [3.8, 4) is 0 Å². The Bertz CT molecular complexity index is 466. The van der Waals surface area contributed by atoms with Crippen LogP contribution in [0, 0.1) is 23.2 Å². The van der Waals surface area contributed by atoms with Crippen LogP contribution in [-0.2, 0) is 0 Å². The van der Waals surface area contributed by atoms with E-state index in [1.54, 1.807) is 6.20 Å². The minimum atomic E-state index is -0.305. The number of nitrogens with zero attached hydrogens (tertiary/aromatic N) is 1. The summed E-state index contributed by atoms with van der Waals surface area (Å²) < 4.78 is 0. The molecule has 1 aromatic heterocycles. The van der Waals surface area contributed by atoms with Crippen LogP contribution in [0.3, 0.4) is 0 Å². The maximum atomic E-state index is 11.2. The second-order valence-electron chi connectivity index (χ2n) is 7.85. The maximum Gasteiger partial charge on any atom is 0.0677 e. The summed E-state index contributed by atoms with van der Waals surface area (Å²) >= 11 is 0. The van der Waals surface area contributed by atoms with Crippen LogP contribution in [0.25, 0.3) is 0 Å². The summed E-state index contributed by atoms with van der Waals surface area (Å²) in [4.78, 5) is 4.22. The fourth-order valence-corrected chi connectivity index (χ4v) is 6.01. The number of aliphatic hydroxyl groups excluding tert-OH is 1. The third kappa shape index (κ3) is 2.22. The summed E-state index contributed by atoms with van der Waals surface area (Å²) in [5, 5.41) is 11.2. The molecule has 0 aromatic carbocycles. The molecule has 3 N–H and O–H groups in total. The van der Waals surface area contributed by atoms with Crippen LogP contribution in [-0.4, -0.2) is 22.7 Å². The lowest BCUT2D eigenvalue weighted by atomic mass is 9.47. The summed E-state index contributed by atoms with van der Waals surface area (Å²) in [6.45, 7) is 0.509. The normalized spacial score (nSPS) is 40.2. The predicted molar refractivity (Wildman–Crippen MR) is 82.6 cm³/mol. The van der Waals surface area contributed by atoms with Crippen molar-refractivity contribution in [2.75, 3.05) is 6.54 Å². The quantitative estimate of drug-likeness (QED) is 0.894. The molecule has 2 unspecified atom stereocenters. The first-order valence-electron chi connectivity index (χ1n) is 8.48. The van der Waals surface area contributed by atoms with E-state index in [0.29, 0.717) is 6.54 Å². The van der Waals surface area contributed by atoms with Gasteiger partial charge in [0.05, 0.1) is 6.10 Å². The summed E-state index contributed by atoms with van der Waals surface area (Å²) in [6.07, 6.45) is 11.2. The van der Waals surface area contributed by atoms with Crippen molar-refractivity contribution in [1.82, 2.24) is 4.98 Å². The highest BCUT2D eigenvalue weighted by atomic mass is 16.3. The van der Waals surface area contributed by atoms with Gasteiger partial charge in [-0.15, -0.1) is 0 Å². The van der Waals surface area contributed by atoms with Gasteiger partial charge in [-0.3, -0.25) is 4.98 Å². The Hall–Kier alpha value is -0.930. The van der Waals surface area contributed by atoms with Crippen LogP contribution < -0.4 is 5.73 Å². The van der Waals surface area contributed by atoms with Gasteiger partial charge >= 0.3 is 0 Å².